The van der Waals surface area contributed by atoms with Gasteiger partial charge in [-0.3, -0.25) is 0 Å². The number of aromatic carboxylic acids is 1. The van der Waals surface area contributed by atoms with Crippen molar-refractivity contribution in [2.75, 3.05) is 0 Å². The molecule has 92 valence electrons. The fourth-order valence-electron chi connectivity index (χ4n) is 1.58. The highest BCUT2D eigenvalue weighted by Gasteiger charge is 2.12. The Bertz CT molecular complexity index is 626. The van der Waals surface area contributed by atoms with Gasteiger partial charge in [0.2, 0.25) is 0 Å². The maximum atomic E-state index is 13.2. The van der Waals surface area contributed by atoms with E-state index in [0.717, 1.165) is 0 Å². The van der Waals surface area contributed by atoms with Crippen LogP contribution in [-0.2, 0) is 0 Å². The zero-order valence-corrected chi connectivity index (χ0v) is 10.5. The summed E-state index contributed by atoms with van der Waals surface area (Å²) in [6, 6.07) is 8.31. The van der Waals surface area contributed by atoms with Crippen molar-refractivity contribution in [1.82, 2.24) is 0 Å². The minimum Gasteiger partial charge on any atom is -0.478 e. The Morgan fingerprint density at radius 1 is 1.06 bits per heavy atom. The van der Waals surface area contributed by atoms with Gasteiger partial charge in [-0.15, -0.1) is 0 Å². The third kappa shape index (κ3) is 2.47. The molecule has 0 aliphatic heterocycles. The van der Waals surface area contributed by atoms with Crippen molar-refractivity contribution in [2.45, 2.75) is 0 Å². The molecule has 0 aromatic heterocycles. The molecule has 0 aliphatic rings. The quantitative estimate of drug-likeness (QED) is 0.882. The predicted molar refractivity (Wildman–Crippen MR) is 68.8 cm³/mol. The SMILES string of the molecule is O=C(O)c1cc(-c2cc(F)ccc2Cl)ccc1Cl. The molecule has 0 bridgehead atoms. The number of carboxylic acid groups (broad SMARTS) is 1. The van der Waals surface area contributed by atoms with E-state index in [-0.39, 0.29) is 10.6 Å². The molecule has 0 spiro atoms. The Labute approximate surface area is 113 Å². The van der Waals surface area contributed by atoms with Crippen LogP contribution >= 0.6 is 23.2 Å². The van der Waals surface area contributed by atoms with E-state index in [1.165, 1.54) is 30.3 Å². The van der Waals surface area contributed by atoms with Gasteiger partial charge in [0.25, 0.3) is 0 Å². The molecule has 2 aromatic rings. The minimum atomic E-state index is -1.14. The molecule has 0 saturated heterocycles. The van der Waals surface area contributed by atoms with Crippen LogP contribution in [0.3, 0.4) is 0 Å². The lowest BCUT2D eigenvalue weighted by Gasteiger charge is -2.07. The molecular formula is C13H7Cl2FO2. The Hall–Kier alpha value is -1.58. The Morgan fingerprint density at radius 2 is 1.72 bits per heavy atom. The van der Waals surface area contributed by atoms with Crippen molar-refractivity contribution in [3.8, 4) is 11.1 Å². The third-order valence-electron chi connectivity index (χ3n) is 2.44. The van der Waals surface area contributed by atoms with Crippen LogP contribution in [0.2, 0.25) is 10.0 Å². The smallest absolute Gasteiger partial charge is 0.337 e. The first kappa shape index (κ1) is 12.9. The number of hydrogen-bond donors (Lipinski definition) is 1. The molecule has 18 heavy (non-hydrogen) atoms. The van der Waals surface area contributed by atoms with E-state index in [9.17, 15) is 9.18 Å². The van der Waals surface area contributed by atoms with Crippen molar-refractivity contribution in [1.29, 1.82) is 0 Å². The number of benzene rings is 2. The van der Waals surface area contributed by atoms with Gasteiger partial charge in [-0.1, -0.05) is 29.3 Å². The van der Waals surface area contributed by atoms with Crippen LogP contribution in [-0.4, -0.2) is 11.1 Å². The lowest BCUT2D eigenvalue weighted by molar-refractivity contribution is 0.0697. The molecule has 0 atom stereocenters. The second-order valence-corrected chi connectivity index (χ2v) is 4.44. The van der Waals surface area contributed by atoms with Crippen LogP contribution in [0.4, 0.5) is 4.39 Å². The first-order valence-electron chi connectivity index (χ1n) is 4.97. The van der Waals surface area contributed by atoms with E-state index >= 15 is 0 Å². The van der Waals surface area contributed by atoms with Gasteiger partial charge in [0.05, 0.1) is 10.6 Å². The molecule has 0 amide bonds. The molecular weight excluding hydrogens is 278 g/mol. The van der Waals surface area contributed by atoms with Crippen molar-refractivity contribution < 1.29 is 14.3 Å². The van der Waals surface area contributed by atoms with Gasteiger partial charge in [0.1, 0.15) is 5.82 Å². The standard InChI is InChI=1S/C13H7Cl2FO2/c14-11-4-2-8(16)6-9(11)7-1-3-12(15)10(5-7)13(17)18/h1-6H,(H,17,18). The summed E-state index contributed by atoms with van der Waals surface area (Å²) in [7, 11) is 0. The third-order valence-corrected chi connectivity index (χ3v) is 3.10. The molecule has 2 nitrogen and oxygen atoms in total. The lowest BCUT2D eigenvalue weighted by Crippen LogP contribution is -1.97. The van der Waals surface area contributed by atoms with Crippen molar-refractivity contribution >= 4 is 29.2 Å². The van der Waals surface area contributed by atoms with Gasteiger partial charge in [0.15, 0.2) is 0 Å². The second-order valence-electron chi connectivity index (χ2n) is 3.62. The summed E-state index contributed by atoms with van der Waals surface area (Å²) in [5.74, 6) is -1.59. The zero-order chi connectivity index (χ0) is 13.3. The molecule has 2 rings (SSSR count). The topological polar surface area (TPSA) is 37.3 Å². The molecule has 2 aromatic carbocycles. The van der Waals surface area contributed by atoms with Crippen LogP contribution in [0, 0.1) is 5.82 Å². The zero-order valence-electron chi connectivity index (χ0n) is 8.95. The summed E-state index contributed by atoms with van der Waals surface area (Å²) in [5.41, 5.74) is 0.881. The summed E-state index contributed by atoms with van der Waals surface area (Å²) in [4.78, 5) is 11.0. The Morgan fingerprint density at radius 3 is 2.39 bits per heavy atom. The number of carbonyl (C=O) groups is 1. The highest BCUT2D eigenvalue weighted by atomic mass is 35.5. The number of halogens is 3. The van der Waals surface area contributed by atoms with E-state index in [4.69, 9.17) is 28.3 Å². The van der Waals surface area contributed by atoms with E-state index in [2.05, 4.69) is 0 Å². The number of carboxylic acids is 1. The van der Waals surface area contributed by atoms with Crippen LogP contribution in [0.1, 0.15) is 10.4 Å². The molecule has 0 fully saturated rings. The summed E-state index contributed by atoms with van der Waals surface area (Å²) >= 11 is 11.7. The summed E-state index contributed by atoms with van der Waals surface area (Å²) in [6.07, 6.45) is 0. The molecule has 0 aliphatic carbocycles. The summed E-state index contributed by atoms with van der Waals surface area (Å²) in [5, 5.41) is 9.44. The van der Waals surface area contributed by atoms with E-state index in [1.54, 1.807) is 6.07 Å². The van der Waals surface area contributed by atoms with Crippen LogP contribution in [0.25, 0.3) is 11.1 Å². The maximum absolute atomic E-state index is 13.2. The number of rotatable bonds is 2. The van der Waals surface area contributed by atoms with Crippen LogP contribution < -0.4 is 0 Å². The summed E-state index contributed by atoms with van der Waals surface area (Å²) in [6.45, 7) is 0. The van der Waals surface area contributed by atoms with Crippen LogP contribution in [0.15, 0.2) is 36.4 Å². The largest absolute Gasteiger partial charge is 0.478 e. The fraction of sp³-hybridized carbons (Fsp3) is 0. The average molecular weight is 285 g/mol. The Balaban J connectivity index is 2.61. The van der Waals surface area contributed by atoms with Gasteiger partial charge in [0, 0.05) is 10.6 Å². The highest BCUT2D eigenvalue weighted by molar-refractivity contribution is 6.34. The van der Waals surface area contributed by atoms with Gasteiger partial charge in [-0.2, -0.15) is 0 Å². The van der Waals surface area contributed by atoms with Crippen molar-refractivity contribution in [3.63, 3.8) is 0 Å². The van der Waals surface area contributed by atoms with Gasteiger partial charge >= 0.3 is 5.97 Å². The highest BCUT2D eigenvalue weighted by Crippen LogP contribution is 2.31. The minimum absolute atomic E-state index is 0.0468. The normalized spacial score (nSPS) is 10.4. The van der Waals surface area contributed by atoms with E-state index in [1.807, 2.05) is 0 Å². The van der Waals surface area contributed by atoms with Crippen LogP contribution in [0.5, 0.6) is 0 Å². The fourth-order valence-corrected chi connectivity index (χ4v) is 2.00. The van der Waals surface area contributed by atoms with E-state index < -0.39 is 11.8 Å². The van der Waals surface area contributed by atoms with Gasteiger partial charge < -0.3 is 5.11 Å². The Kier molecular flexibility index (Phi) is 3.55. The van der Waals surface area contributed by atoms with Gasteiger partial charge in [-0.25, -0.2) is 9.18 Å². The average Bonchev–Trinajstić information content (AvgIpc) is 2.33. The monoisotopic (exact) mass is 284 g/mol. The lowest BCUT2D eigenvalue weighted by atomic mass is 10.0. The summed E-state index contributed by atoms with van der Waals surface area (Å²) < 4.78 is 13.2. The first-order valence-corrected chi connectivity index (χ1v) is 5.73. The van der Waals surface area contributed by atoms with Crippen molar-refractivity contribution in [3.05, 3.63) is 57.8 Å². The van der Waals surface area contributed by atoms with Gasteiger partial charge in [-0.05, 0) is 35.9 Å². The molecule has 0 unspecified atom stereocenters. The van der Waals surface area contributed by atoms with E-state index in [0.29, 0.717) is 16.1 Å². The molecule has 0 saturated carbocycles. The second kappa shape index (κ2) is 4.96. The molecule has 1 N–H and O–H groups in total. The number of hydrogen-bond acceptors (Lipinski definition) is 1. The van der Waals surface area contributed by atoms with Crippen molar-refractivity contribution in [2.24, 2.45) is 0 Å². The first-order chi connectivity index (χ1) is 8.49. The molecule has 0 heterocycles. The predicted octanol–water partition coefficient (Wildman–Crippen LogP) is 4.50. The molecule has 0 radical (unpaired) electrons. The molecule has 5 heteroatoms. The maximum Gasteiger partial charge on any atom is 0.337 e.